The third kappa shape index (κ3) is 3.84. The lowest BCUT2D eigenvalue weighted by molar-refractivity contribution is -0.277. The van der Waals surface area contributed by atoms with Gasteiger partial charge in [0.1, 0.15) is 23.9 Å². The summed E-state index contributed by atoms with van der Waals surface area (Å²) in [5.41, 5.74) is -2.04. The van der Waals surface area contributed by atoms with Gasteiger partial charge in [0.05, 0.1) is 18.3 Å². The van der Waals surface area contributed by atoms with Crippen molar-refractivity contribution in [2.45, 2.75) is 88.5 Å². The normalized spacial score (nSPS) is 38.2. The van der Waals surface area contributed by atoms with Gasteiger partial charge < -0.3 is 30.3 Å². The second kappa shape index (κ2) is 7.86. The first-order valence-electron chi connectivity index (χ1n) is 9.13. The van der Waals surface area contributed by atoms with Crippen LogP contribution < -0.4 is 0 Å². The first kappa shape index (κ1) is 20.6. The fraction of sp³-hybridized carbons (Fsp3) is 0.789. The smallest absolute Gasteiger partial charge is 0.126 e. The van der Waals surface area contributed by atoms with Crippen molar-refractivity contribution >= 4 is 0 Å². The monoisotopic (exact) mass is 356 g/mol. The largest absolute Gasteiger partial charge is 0.392 e. The Morgan fingerprint density at radius 2 is 1.88 bits per heavy atom. The van der Waals surface area contributed by atoms with E-state index in [0.717, 1.165) is 25.7 Å². The Labute approximate surface area is 149 Å². The first-order chi connectivity index (χ1) is 11.7. The number of fused-ring (bicyclic) bond motifs is 1. The molecular weight excluding hydrogens is 324 g/mol. The molecule has 1 fully saturated rings. The molecule has 25 heavy (non-hydrogen) atoms. The summed E-state index contributed by atoms with van der Waals surface area (Å²) < 4.78 is 5.87. The second-order valence-corrected chi connectivity index (χ2v) is 7.74. The Morgan fingerprint density at radius 3 is 2.48 bits per heavy atom. The number of allylic oxidation sites excluding steroid dienone is 1. The third-order valence-electron chi connectivity index (χ3n) is 5.46. The average molecular weight is 356 g/mol. The van der Waals surface area contributed by atoms with Crippen molar-refractivity contribution in [2.24, 2.45) is 0 Å². The van der Waals surface area contributed by atoms with Gasteiger partial charge in [0.25, 0.3) is 0 Å². The highest BCUT2D eigenvalue weighted by atomic mass is 16.5. The van der Waals surface area contributed by atoms with Crippen molar-refractivity contribution in [1.29, 1.82) is 0 Å². The van der Waals surface area contributed by atoms with E-state index >= 15 is 0 Å². The molecule has 0 aromatic rings. The van der Waals surface area contributed by atoms with Crippen molar-refractivity contribution in [3.63, 3.8) is 0 Å². The zero-order valence-electron chi connectivity index (χ0n) is 15.4. The second-order valence-electron chi connectivity index (χ2n) is 7.74. The van der Waals surface area contributed by atoms with E-state index in [1.807, 2.05) is 6.08 Å². The topological polar surface area (TPSA) is 110 Å². The van der Waals surface area contributed by atoms with Crippen molar-refractivity contribution in [2.75, 3.05) is 6.61 Å². The molecule has 0 saturated carbocycles. The summed E-state index contributed by atoms with van der Waals surface area (Å²) in [5.74, 6) is 0. The molecule has 144 valence electrons. The van der Waals surface area contributed by atoms with Crippen molar-refractivity contribution in [3.05, 3.63) is 23.3 Å². The maximum Gasteiger partial charge on any atom is 0.126 e. The van der Waals surface area contributed by atoms with E-state index in [1.54, 1.807) is 19.9 Å². The van der Waals surface area contributed by atoms with Gasteiger partial charge in [-0.15, -0.1) is 0 Å². The van der Waals surface area contributed by atoms with Gasteiger partial charge in [0, 0.05) is 6.42 Å². The van der Waals surface area contributed by atoms with E-state index in [2.05, 4.69) is 6.92 Å². The average Bonchev–Trinajstić information content (AvgIpc) is 2.55. The standard InChI is InChI=1S/C19H32O6/c1-4-5-6-7-8-9-12-13(11-20)17-19(24,16(23)15(12)22)10-14(21)18(2,3)25-17/h8-9,14-17,20-24H,4-7,10-11H2,1-3H3. The number of unbranched alkanes of at least 4 members (excludes halogenated alkanes) is 3. The van der Waals surface area contributed by atoms with Gasteiger partial charge in [0.15, 0.2) is 0 Å². The Kier molecular flexibility index (Phi) is 6.46. The number of aliphatic hydroxyl groups is 5. The van der Waals surface area contributed by atoms with E-state index in [1.165, 1.54) is 0 Å². The molecule has 0 aromatic heterocycles. The fourth-order valence-corrected chi connectivity index (χ4v) is 3.68. The molecule has 0 radical (unpaired) electrons. The first-order valence-corrected chi connectivity index (χ1v) is 9.13. The van der Waals surface area contributed by atoms with Crippen molar-refractivity contribution in [1.82, 2.24) is 0 Å². The summed E-state index contributed by atoms with van der Waals surface area (Å²) in [6, 6.07) is 0. The van der Waals surface area contributed by atoms with Crippen molar-refractivity contribution in [3.8, 4) is 0 Å². The van der Waals surface area contributed by atoms with E-state index in [9.17, 15) is 25.5 Å². The quantitative estimate of drug-likeness (QED) is 0.451. The summed E-state index contributed by atoms with van der Waals surface area (Å²) in [6.45, 7) is 5.11. The Hall–Kier alpha value is -0.760. The highest BCUT2D eigenvalue weighted by molar-refractivity contribution is 5.40. The zero-order chi connectivity index (χ0) is 18.8. The lowest BCUT2D eigenvalue weighted by Gasteiger charge is -2.54. The molecule has 0 aromatic carbocycles. The maximum absolute atomic E-state index is 10.9. The van der Waals surface area contributed by atoms with E-state index in [4.69, 9.17) is 4.74 Å². The van der Waals surface area contributed by atoms with Crippen LogP contribution in [0.15, 0.2) is 23.3 Å². The third-order valence-corrected chi connectivity index (χ3v) is 5.46. The van der Waals surface area contributed by atoms with Crippen LogP contribution in [0.2, 0.25) is 0 Å². The van der Waals surface area contributed by atoms with Crippen LogP contribution in [0.1, 0.15) is 52.9 Å². The van der Waals surface area contributed by atoms with E-state index in [0.29, 0.717) is 11.1 Å². The molecule has 1 aliphatic heterocycles. The van der Waals surface area contributed by atoms with Crippen LogP contribution in [0.5, 0.6) is 0 Å². The minimum absolute atomic E-state index is 0.139. The molecule has 2 rings (SSSR count). The van der Waals surface area contributed by atoms with E-state index in [-0.39, 0.29) is 6.42 Å². The van der Waals surface area contributed by atoms with Crippen LogP contribution in [0.3, 0.4) is 0 Å². The molecule has 6 heteroatoms. The molecule has 0 amide bonds. The fourth-order valence-electron chi connectivity index (χ4n) is 3.68. The molecule has 1 heterocycles. The Bertz CT molecular complexity index is 526. The molecule has 5 atom stereocenters. The molecular formula is C19H32O6. The molecule has 0 bridgehead atoms. The lowest BCUT2D eigenvalue weighted by Crippen LogP contribution is -2.69. The van der Waals surface area contributed by atoms with Crippen LogP contribution in [0.25, 0.3) is 0 Å². The van der Waals surface area contributed by atoms with Crippen LogP contribution in [-0.2, 0) is 4.74 Å². The number of ether oxygens (including phenoxy) is 1. The number of hydrogen-bond acceptors (Lipinski definition) is 6. The summed E-state index contributed by atoms with van der Waals surface area (Å²) >= 11 is 0. The van der Waals surface area contributed by atoms with Gasteiger partial charge in [-0.1, -0.05) is 31.9 Å². The van der Waals surface area contributed by atoms with Gasteiger partial charge in [-0.3, -0.25) is 0 Å². The summed E-state index contributed by atoms with van der Waals surface area (Å²) in [7, 11) is 0. The summed E-state index contributed by atoms with van der Waals surface area (Å²) in [5, 5.41) is 52.0. The molecule has 5 N–H and O–H groups in total. The minimum atomic E-state index is -1.84. The van der Waals surface area contributed by atoms with Gasteiger partial charge in [-0.25, -0.2) is 0 Å². The molecule has 1 aliphatic carbocycles. The Balaban J connectivity index is 2.36. The molecule has 1 saturated heterocycles. The number of rotatable bonds is 6. The zero-order valence-corrected chi connectivity index (χ0v) is 15.4. The number of aliphatic hydroxyl groups excluding tert-OH is 4. The SMILES string of the molecule is CCCCCC=CC1=C(CO)C2OC(C)(C)C(O)CC2(O)C(O)C1O. The molecule has 5 unspecified atom stereocenters. The van der Waals surface area contributed by atoms with Gasteiger partial charge in [-0.05, 0) is 37.8 Å². The summed E-state index contributed by atoms with van der Waals surface area (Å²) in [6.07, 6.45) is 2.72. The van der Waals surface area contributed by atoms with Crippen LogP contribution in [0.4, 0.5) is 0 Å². The maximum atomic E-state index is 10.9. The minimum Gasteiger partial charge on any atom is -0.392 e. The predicted octanol–water partition coefficient (Wildman–Crippen LogP) is 0.807. The van der Waals surface area contributed by atoms with E-state index < -0.39 is 42.2 Å². The summed E-state index contributed by atoms with van der Waals surface area (Å²) in [4.78, 5) is 0. The molecule has 6 nitrogen and oxygen atoms in total. The number of hydrogen-bond donors (Lipinski definition) is 5. The lowest BCUT2D eigenvalue weighted by atomic mass is 9.68. The van der Waals surface area contributed by atoms with Gasteiger partial charge >= 0.3 is 0 Å². The Morgan fingerprint density at radius 1 is 1.20 bits per heavy atom. The van der Waals surface area contributed by atoms with Crippen LogP contribution >= 0.6 is 0 Å². The van der Waals surface area contributed by atoms with Crippen LogP contribution in [-0.4, -0.2) is 67.8 Å². The highest BCUT2D eigenvalue weighted by Crippen LogP contribution is 2.45. The molecule has 0 spiro atoms. The van der Waals surface area contributed by atoms with Gasteiger partial charge in [0.2, 0.25) is 0 Å². The van der Waals surface area contributed by atoms with Crippen LogP contribution in [0, 0.1) is 0 Å². The van der Waals surface area contributed by atoms with Crippen molar-refractivity contribution < 1.29 is 30.3 Å². The predicted molar refractivity (Wildman–Crippen MR) is 93.9 cm³/mol. The highest BCUT2D eigenvalue weighted by Gasteiger charge is 2.60. The molecule has 2 aliphatic rings. The van der Waals surface area contributed by atoms with Gasteiger partial charge in [-0.2, -0.15) is 0 Å².